The van der Waals surface area contributed by atoms with Crippen molar-refractivity contribution in [3.63, 3.8) is 0 Å². The minimum absolute atomic E-state index is 0.00389. The second kappa shape index (κ2) is 6.21. The summed E-state index contributed by atoms with van der Waals surface area (Å²) in [6, 6.07) is 3.20. The van der Waals surface area contributed by atoms with Crippen molar-refractivity contribution in [2.24, 2.45) is 0 Å². The number of alkyl carbamates (subject to hydrolysis) is 1. The number of pyridine rings is 1. The van der Waals surface area contributed by atoms with Gasteiger partial charge in [-0.2, -0.15) is 0 Å². The van der Waals surface area contributed by atoms with Crippen LogP contribution in [0.15, 0.2) is 18.3 Å². The minimum atomic E-state index is -0.995. The molecule has 1 aliphatic rings. The molecule has 2 rings (SSSR count). The number of aromatic carboxylic acids is 1. The molecular weight excluding hydrogens is 286 g/mol. The summed E-state index contributed by atoms with van der Waals surface area (Å²) in [5, 5.41) is 11.7. The molecule has 0 bridgehead atoms. The van der Waals surface area contributed by atoms with Gasteiger partial charge >= 0.3 is 12.1 Å². The first-order valence-electron chi connectivity index (χ1n) is 7.18. The summed E-state index contributed by atoms with van der Waals surface area (Å²) in [4.78, 5) is 28.7. The van der Waals surface area contributed by atoms with Crippen LogP contribution >= 0.6 is 0 Å². The molecule has 1 unspecified atom stereocenters. The van der Waals surface area contributed by atoms with Gasteiger partial charge in [-0.1, -0.05) is 0 Å². The number of carbonyl (C=O) groups is 2. The molecule has 0 spiro atoms. The van der Waals surface area contributed by atoms with E-state index in [1.165, 1.54) is 12.3 Å². The number of anilines is 1. The quantitative estimate of drug-likeness (QED) is 0.886. The minimum Gasteiger partial charge on any atom is -0.478 e. The highest BCUT2D eigenvalue weighted by molar-refractivity contribution is 5.87. The highest BCUT2D eigenvalue weighted by Crippen LogP contribution is 2.18. The molecule has 1 amide bonds. The van der Waals surface area contributed by atoms with Crippen LogP contribution < -0.4 is 10.2 Å². The van der Waals surface area contributed by atoms with Crippen LogP contribution in [0.4, 0.5) is 10.6 Å². The van der Waals surface area contributed by atoms with Crippen LogP contribution in [0.25, 0.3) is 0 Å². The van der Waals surface area contributed by atoms with Crippen LogP contribution in [-0.4, -0.2) is 46.9 Å². The SMILES string of the molecule is CC(C)(C)OC(=O)NC1CCN(c2ccc(C(=O)O)cn2)C1. The predicted octanol–water partition coefficient (Wildman–Crippen LogP) is 1.88. The van der Waals surface area contributed by atoms with E-state index in [-0.39, 0.29) is 11.6 Å². The number of carboxylic acid groups (broad SMARTS) is 1. The van der Waals surface area contributed by atoms with Crippen molar-refractivity contribution in [3.8, 4) is 0 Å². The number of ether oxygens (including phenoxy) is 1. The summed E-state index contributed by atoms with van der Waals surface area (Å²) in [5.41, 5.74) is -0.359. The van der Waals surface area contributed by atoms with Gasteiger partial charge < -0.3 is 20.1 Å². The number of carboxylic acids is 1. The Bertz CT molecular complexity index is 551. The second-order valence-corrected chi connectivity index (χ2v) is 6.29. The van der Waals surface area contributed by atoms with Crippen molar-refractivity contribution in [1.82, 2.24) is 10.3 Å². The Hall–Kier alpha value is -2.31. The van der Waals surface area contributed by atoms with Crippen molar-refractivity contribution in [1.29, 1.82) is 0 Å². The first kappa shape index (κ1) is 16.1. The highest BCUT2D eigenvalue weighted by atomic mass is 16.6. The van der Waals surface area contributed by atoms with Gasteiger partial charge in [0.2, 0.25) is 0 Å². The van der Waals surface area contributed by atoms with Crippen LogP contribution in [-0.2, 0) is 4.74 Å². The van der Waals surface area contributed by atoms with E-state index in [2.05, 4.69) is 10.3 Å². The fourth-order valence-electron chi connectivity index (χ4n) is 2.26. The van der Waals surface area contributed by atoms with E-state index in [1.807, 2.05) is 25.7 Å². The molecule has 2 N–H and O–H groups in total. The van der Waals surface area contributed by atoms with Gasteiger partial charge in [-0.3, -0.25) is 0 Å². The van der Waals surface area contributed by atoms with E-state index in [4.69, 9.17) is 9.84 Å². The number of hydrogen-bond acceptors (Lipinski definition) is 5. The number of nitrogens with zero attached hydrogens (tertiary/aromatic N) is 2. The van der Waals surface area contributed by atoms with E-state index in [0.29, 0.717) is 12.4 Å². The maximum Gasteiger partial charge on any atom is 0.407 e. The van der Waals surface area contributed by atoms with E-state index in [9.17, 15) is 9.59 Å². The van der Waals surface area contributed by atoms with E-state index in [0.717, 1.165) is 13.0 Å². The first-order chi connectivity index (χ1) is 10.2. The molecule has 1 aromatic rings. The van der Waals surface area contributed by atoms with E-state index >= 15 is 0 Å². The molecule has 7 heteroatoms. The normalized spacial score (nSPS) is 18.1. The van der Waals surface area contributed by atoms with Crippen molar-refractivity contribution in [2.75, 3.05) is 18.0 Å². The number of aromatic nitrogens is 1. The lowest BCUT2D eigenvalue weighted by molar-refractivity contribution is 0.0508. The summed E-state index contributed by atoms with van der Waals surface area (Å²) in [6.07, 6.45) is 1.71. The van der Waals surface area contributed by atoms with Crippen molar-refractivity contribution in [3.05, 3.63) is 23.9 Å². The molecule has 0 aliphatic carbocycles. The number of rotatable bonds is 3. The lowest BCUT2D eigenvalue weighted by Gasteiger charge is -2.22. The summed E-state index contributed by atoms with van der Waals surface area (Å²) in [6.45, 7) is 6.84. The van der Waals surface area contributed by atoms with Gasteiger partial charge in [-0.05, 0) is 39.3 Å². The van der Waals surface area contributed by atoms with Gasteiger partial charge in [0.05, 0.1) is 11.6 Å². The first-order valence-corrected chi connectivity index (χ1v) is 7.18. The summed E-state index contributed by atoms with van der Waals surface area (Å²) >= 11 is 0. The Morgan fingerprint density at radius 1 is 1.41 bits per heavy atom. The Kier molecular flexibility index (Phi) is 4.54. The zero-order valence-electron chi connectivity index (χ0n) is 13.0. The summed E-state index contributed by atoms with van der Waals surface area (Å²) in [5.74, 6) is -0.288. The van der Waals surface area contributed by atoms with Crippen LogP contribution in [0.5, 0.6) is 0 Å². The molecule has 0 saturated carbocycles. The molecule has 1 fully saturated rings. The molecular formula is C15H21N3O4. The molecule has 120 valence electrons. The zero-order valence-corrected chi connectivity index (χ0v) is 13.0. The van der Waals surface area contributed by atoms with Gasteiger partial charge in [-0.15, -0.1) is 0 Å². The lowest BCUT2D eigenvalue weighted by atomic mass is 10.2. The molecule has 1 saturated heterocycles. The monoisotopic (exact) mass is 307 g/mol. The highest BCUT2D eigenvalue weighted by Gasteiger charge is 2.26. The summed E-state index contributed by atoms with van der Waals surface area (Å²) < 4.78 is 5.23. The van der Waals surface area contributed by atoms with Crippen molar-refractivity contribution >= 4 is 17.9 Å². The third-order valence-corrected chi connectivity index (χ3v) is 3.23. The number of hydrogen-bond donors (Lipinski definition) is 2. The van der Waals surface area contributed by atoms with Crippen LogP contribution in [0, 0.1) is 0 Å². The molecule has 1 atom stereocenters. The topological polar surface area (TPSA) is 91.8 Å². The van der Waals surface area contributed by atoms with Crippen LogP contribution in [0.3, 0.4) is 0 Å². The van der Waals surface area contributed by atoms with Crippen LogP contribution in [0.1, 0.15) is 37.6 Å². The lowest BCUT2D eigenvalue weighted by Crippen LogP contribution is -2.40. The molecule has 0 aromatic carbocycles. The fraction of sp³-hybridized carbons (Fsp3) is 0.533. The standard InChI is InChI=1S/C15H21N3O4/c1-15(2,3)22-14(21)17-11-6-7-18(9-11)12-5-4-10(8-16-12)13(19)20/h4-5,8,11H,6-7,9H2,1-3H3,(H,17,21)(H,19,20). The Labute approximate surface area is 129 Å². The fourth-order valence-corrected chi connectivity index (χ4v) is 2.26. The number of amides is 1. The van der Waals surface area contributed by atoms with Crippen LogP contribution in [0.2, 0.25) is 0 Å². The Morgan fingerprint density at radius 2 is 2.14 bits per heavy atom. The second-order valence-electron chi connectivity index (χ2n) is 6.29. The maximum absolute atomic E-state index is 11.7. The van der Waals surface area contributed by atoms with E-state index in [1.54, 1.807) is 6.07 Å². The van der Waals surface area contributed by atoms with Gasteiger partial charge in [-0.25, -0.2) is 14.6 Å². The van der Waals surface area contributed by atoms with Crippen molar-refractivity contribution < 1.29 is 19.4 Å². The van der Waals surface area contributed by atoms with Gasteiger partial charge in [0.15, 0.2) is 0 Å². The molecule has 1 aromatic heterocycles. The Morgan fingerprint density at radius 3 is 2.68 bits per heavy atom. The van der Waals surface area contributed by atoms with Crippen molar-refractivity contribution in [2.45, 2.75) is 38.8 Å². The average Bonchev–Trinajstić information content (AvgIpc) is 2.85. The maximum atomic E-state index is 11.7. The number of nitrogens with one attached hydrogen (secondary N) is 1. The molecule has 7 nitrogen and oxygen atoms in total. The molecule has 22 heavy (non-hydrogen) atoms. The van der Waals surface area contributed by atoms with Gasteiger partial charge in [0, 0.05) is 19.3 Å². The molecule has 0 radical (unpaired) electrons. The predicted molar refractivity (Wildman–Crippen MR) is 81.2 cm³/mol. The third kappa shape index (κ3) is 4.34. The Balaban J connectivity index is 1.89. The average molecular weight is 307 g/mol. The molecule has 1 aliphatic heterocycles. The smallest absolute Gasteiger partial charge is 0.407 e. The number of carbonyl (C=O) groups excluding carboxylic acids is 1. The van der Waals surface area contributed by atoms with Gasteiger partial charge in [0.1, 0.15) is 11.4 Å². The largest absolute Gasteiger partial charge is 0.478 e. The third-order valence-electron chi connectivity index (χ3n) is 3.23. The molecule has 2 heterocycles. The van der Waals surface area contributed by atoms with E-state index < -0.39 is 17.7 Å². The van der Waals surface area contributed by atoms with Gasteiger partial charge in [0.25, 0.3) is 0 Å². The summed E-state index contributed by atoms with van der Waals surface area (Å²) in [7, 11) is 0. The zero-order chi connectivity index (χ0) is 16.3.